The first-order valence-electron chi connectivity index (χ1n) is 6.65. The van der Waals surface area contributed by atoms with Crippen LogP contribution in [0.15, 0.2) is 36.1 Å². The molecule has 0 aromatic rings. The third kappa shape index (κ3) is 2.87. The maximum Gasteiger partial charge on any atom is 0.233 e. The van der Waals surface area contributed by atoms with Crippen LogP contribution in [0.2, 0.25) is 0 Å². The van der Waals surface area contributed by atoms with E-state index in [0.717, 1.165) is 38.6 Å². The average Bonchev–Trinajstić information content (AvgIpc) is 2.42. The summed E-state index contributed by atoms with van der Waals surface area (Å²) in [6.45, 7) is 2.99. The first-order valence-corrected chi connectivity index (χ1v) is 6.65. The number of rotatable bonds is 3. The minimum atomic E-state index is 0.0858. The Bertz CT molecular complexity index is 365. The van der Waals surface area contributed by atoms with Crippen LogP contribution in [0.4, 0.5) is 0 Å². The number of allylic oxidation sites excluding steroid dienone is 4. The van der Waals surface area contributed by atoms with Gasteiger partial charge in [0.05, 0.1) is 5.92 Å². The predicted octanol–water partition coefficient (Wildman–Crippen LogP) is 3.43. The molecule has 1 unspecified atom stereocenters. The van der Waals surface area contributed by atoms with E-state index in [1.54, 1.807) is 0 Å². The maximum absolute atomic E-state index is 12.4. The summed E-state index contributed by atoms with van der Waals surface area (Å²) in [5.41, 5.74) is 1.30. The molecule has 0 spiro atoms. The Hall–Kier alpha value is -1.31. The largest absolute Gasteiger partial charge is 0.319 e. The lowest BCUT2D eigenvalue weighted by Crippen LogP contribution is -2.34. The van der Waals surface area contributed by atoms with Gasteiger partial charge in [0, 0.05) is 12.7 Å². The molecule has 0 saturated carbocycles. The van der Waals surface area contributed by atoms with E-state index in [4.69, 9.17) is 0 Å². The van der Waals surface area contributed by atoms with Crippen molar-refractivity contribution in [3.63, 3.8) is 0 Å². The topological polar surface area (TPSA) is 20.3 Å². The normalized spacial score (nSPS) is 21.2. The Morgan fingerprint density at radius 2 is 2.29 bits per heavy atom. The molecule has 1 atom stereocenters. The molecule has 0 radical (unpaired) electrons. The van der Waals surface area contributed by atoms with Crippen LogP contribution in [0, 0.1) is 5.92 Å². The molecule has 2 aliphatic rings. The van der Waals surface area contributed by atoms with Crippen molar-refractivity contribution in [2.45, 2.75) is 39.0 Å². The first-order chi connectivity index (χ1) is 8.33. The highest BCUT2D eigenvalue weighted by Crippen LogP contribution is 2.26. The van der Waals surface area contributed by atoms with Crippen molar-refractivity contribution in [2.75, 3.05) is 6.54 Å². The number of amides is 1. The maximum atomic E-state index is 12.4. The summed E-state index contributed by atoms with van der Waals surface area (Å²) in [6.07, 6.45) is 15.7. The van der Waals surface area contributed by atoms with Crippen LogP contribution in [-0.4, -0.2) is 17.4 Å². The van der Waals surface area contributed by atoms with E-state index >= 15 is 0 Å². The van der Waals surface area contributed by atoms with Gasteiger partial charge in [-0.15, -0.1) is 0 Å². The molecule has 1 amide bonds. The summed E-state index contributed by atoms with van der Waals surface area (Å²) in [7, 11) is 0. The fourth-order valence-electron chi connectivity index (χ4n) is 2.55. The van der Waals surface area contributed by atoms with E-state index in [9.17, 15) is 4.79 Å². The molecule has 17 heavy (non-hydrogen) atoms. The van der Waals surface area contributed by atoms with Gasteiger partial charge in [-0.2, -0.15) is 0 Å². The Kier molecular flexibility index (Phi) is 4.18. The Morgan fingerprint density at radius 3 is 2.88 bits per heavy atom. The lowest BCUT2D eigenvalue weighted by Gasteiger charge is -2.27. The molecule has 0 aromatic carbocycles. The van der Waals surface area contributed by atoms with Crippen molar-refractivity contribution < 1.29 is 4.79 Å². The zero-order valence-electron chi connectivity index (χ0n) is 10.6. The zero-order chi connectivity index (χ0) is 12.1. The molecular formula is C15H21NO. The molecule has 1 aliphatic heterocycles. The minimum Gasteiger partial charge on any atom is -0.319 e. The predicted molar refractivity (Wildman–Crippen MR) is 70.3 cm³/mol. The molecule has 2 rings (SSSR count). The fraction of sp³-hybridized carbons (Fsp3) is 0.533. The van der Waals surface area contributed by atoms with E-state index in [-0.39, 0.29) is 11.8 Å². The quantitative estimate of drug-likeness (QED) is 0.728. The van der Waals surface area contributed by atoms with Crippen LogP contribution in [0.3, 0.4) is 0 Å². The van der Waals surface area contributed by atoms with Crippen LogP contribution in [0.1, 0.15) is 39.0 Å². The third-order valence-corrected chi connectivity index (χ3v) is 3.54. The Labute approximate surface area is 104 Å². The first kappa shape index (κ1) is 12.2. The monoisotopic (exact) mass is 231 g/mol. The van der Waals surface area contributed by atoms with Gasteiger partial charge >= 0.3 is 0 Å². The van der Waals surface area contributed by atoms with Crippen LogP contribution in [0.5, 0.6) is 0 Å². The lowest BCUT2D eigenvalue weighted by molar-refractivity contribution is -0.132. The van der Waals surface area contributed by atoms with Gasteiger partial charge in [0.25, 0.3) is 0 Å². The highest BCUT2D eigenvalue weighted by molar-refractivity contribution is 5.82. The molecule has 0 bridgehead atoms. The Morgan fingerprint density at radius 1 is 1.41 bits per heavy atom. The number of hydrogen-bond acceptors (Lipinski definition) is 1. The van der Waals surface area contributed by atoms with Crippen molar-refractivity contribution in [1.82, 2.24) is 4.90 Å². The molecule has 0 saturated heterocycles. The van der Waals surface area contributed by atoms with Crippen LogP contribution < -0.4 is 0 Å². The van der Waals surface area contributed by atoms with Gasteiger partial charge in [-0.25, -0.2) is 0 Å². The molecule has 2 nitrogen and oxygen atoms in total. The van der Waals surface area contributed by atoms with Gasteiger partial charge in [-0.3, -0.25) is 4.79 Å². The summed E-state index contributed by atoms with van der Waals surface area (Å²) in [5.74, 6) is 0.368. The number of carbonyl (C=O) groups excluding carboxylic acids is 1. The molecular weight excluding hydrogens is 210 g/mol. The molecule has 1 heterocycles. The van der Waals surface area contributed by atoms with Gasteiger partial charge in [0.1, 0.15) is 0 Å². The molecule has 92 valence electrons. The lowest BCUT2D eigenvalue weighted by atomic mass is 9.88. The minimum absolute atomic E-state index is 0.0858. The van der Waals surface area contributed by atoms with Gasteiger partial charge < -0.3 is 4.90 Å². The van der Waals surface area contributed by atoms with Crippen molar-refractivity contribution in [1.29, 1.82) is 0 Å². The van der Waals surface area contributed by atoms with E-state index in [0.29, 0.717) is 0 Å². The van der Waals surface area contributed by atoms with E-state index in [1.807, 2.05) is 11.1 Å². The smallest absolute Gasteiger partial charge is 0.233 e. The van der Waals surface area contributed by atoms with Gasteiger partial charge in [0.2, 0.25) is 5.91 Å². The van der Waals surface area contributed by atoms with Crippen molar-refractivity contribution >= 4 is 5.91 Å². The van der Waals surface area contributed by atoms with Crippen LogP contribution in [0.25, 0.3) is 0 Å². The van der Waals surface area contributed by atoms with Crippen molar-refractivity contribution in [3.8, 4) is 0 Å². The van der Waals surface area contributed by atoms with Gasteiger partial charge in [-0.1, -0.05) is 36.8 Å². The number of nitrogens with zero attached hydrogens (tertiary/aromatic N) is 1. The van der Waals surface area contributed by atoms with E-state index in [1.165, 1.54) is 5.57 Å². The number of carbonyl (C=O) groups is 1. The highest BCUT2D eigenvalue weighted by Gasteiger charge is 2.25. The second-order valence-corrected chi connectivity index (χ2v) is 4.73. The second kappa shape index (κ2) is 5.85. The molecule has 1 aliphatic carbocycles. The van der Waals surface area contributed by atoms with Gasteiger partial charge in [0.15, 0.2) is 0 Å². The average molecular weight is 231 g/mol. The van der Waals surface area contributed by atoms with E-state index in [2.05, 4.69) is 31.2 Å². The summed E-state index contributed by atoms with van der Waals surface area (Å²) < 4.78 is 0. The van der Waals surface area contributed by atoms with Crippen molar-refractivity contribution in [3.05, 3.63) is 36.1 Å². The second-order valence-electron chi connectivity index (χ2n) is 4.73. The number of hydrogen-bond donors (Lipinski definition) is 0. The Balaban J connectivity index is 2.09. The SMILES string of the molecule is CCC(C(=O)N1C=CCCC1)C1=CC=CCC1. The van der Waals surface area contributed by atoms with Gasteiger partial charge in [-0.05, 0) is 32.1 Å². The van der Waals surface area contributed by atoms with E-state index < -0.39 is 0 Å². The standard InChI is InChI=1S/C15H21NO/c1-2-14(13-9-5-3-6-10-13)15(17)16-11-7-4-8-12-16/h3,5,7,9,11,14H,2,4,6,8,10,12H2,1H3. The summed E-state index contributed by atoms with van der Waals surface area (Å²) in [5, 5.41) is 0. The zero-order valence-corrected chi connectivity index (χ0v) is 10.6. The summed E-state index contributed by atoms with van der Waals surface area (Å²) >= 11 is 0. The summed E-state index contributed by atoms with van der Waals surface area (Å²) in [4.78, 5) is 14.3. The third-order valence-electron chi connectivity index (χ3n) is 3.54. The molecule has 0 aromatic heterocycles. The molecule has 0 N–H and O–H groups in total. The van der Waals surface area contributed by atoms with Crippen LogP contribution in [-0.2, 0) is 4.79 Å². The highest BCUT2D eigenvalue weighted by atomic mass is 16.2. The fourth-order valence-corrected chi connectivity index (χ4v) is 2.55. The molecule has 0 fully saturated rings. The van der Waals surface area contributed by atoms with Crippen LogP contribution >= 0.6 is 0 Å². The molecule has 2 heteroatoms. The van der Waals surface area contributed by atoms with Crippen molar-refractivity contribution in [2.24, 2.45) is 5.92 Å². The summed E-state index contributed by atoms with van der Waals surface area (Å²) in [6, 6.07) is 0.